The van der Waals surface area contributed by atoms with E-state index < -0.39 is 0 Å². The summed E-state index contributed by atoms with van der Waals surface area (Å²) in [5, 5.41) is 0. The first-order valence-corrected chi connectivity index (χ1v) is 8.52. The number of allylic oxidation sites excluding steroid dienone is 2. The van der Waals surface area contributed by atoms with Crippen molar-refractivity contribution in [2.24, 2.45) is 0 Å². The van der Waals surface area contributed by atoms with Crippen molar-refractivity contribution in [3.63, 3.8) is 0 Å². The van der Waals surface area contributed by atoms with E-state index in [0.29, 0.717) is 6.42 Å². The van der Waals surface area contributed by atoms with Crippen molar-refractivity contribution >= 4 is 11.5 Å². The second-order valence-electron chi connectivity index (χ2n) is 6.22. The monoisotopic (exact) mass is 320 g/mol. The summed E-state index contributed by atoms with van der Waals surface area (Å²) in [5.74, 6) is 0.171. The number of piperazine rings is 1. The first-order valence-electron chi connectivity index (χ1n) is 8.52. The van der Waals surface area contributed by atoms with Gasteiger partial charge in [0.1, 0.15) is 0 Å². The highest BCUT2D eigenvalue weighted by atomic mass is 16.1. The van der Waals surface area contributed by atoms with Crippen LogP contribution in [0.4, 0.5) is 5.69 Å². The normalized spacial score (nSPS) is 15.5. The summed E-state index contributed by atoms with van der Waals surface area (Å²) in [6.45, 7) is 5.93. The minimum atomic E-state index is 0.171. The summed E-state index contributed by atoms with van der Waals surface area (Å²) >= 11 is 0. The van der Waals surface area contributed by atoms with E-state index >= 15 is 0 Å². The molecule has 0 aromatic heterocycles. The van der Waals surface area contributed by atoms with Crippen molar-refractivity contribution in [3.05, 3.63) is 78.0 Å². The van der Waals surface area contributed by atoms with Gasteiger partial charge < -0.3 is 9.80 Å². The van der Waals surface area contributed by atoms with Crippen molar-refractivity contribution in [3.8, 4) is 0 Å². The molecule has 0 saturated carbocycles. The molecule has 1 heterocycles. The third-order valence-corrected chi connectivity index (χ3v) is 4.49. The number of carbonyl (C=O) groups excluding carboxylic acids is 1. The molecule has 1 aliphatic rings. The van der Waals surface area contributed by atoms with Gasteiger partial charge in [-0.1, -0.05) is 48.5 Å². The molecule has 0 aliphatic carbocycles. The third-order valence-electron chi connectivity index (χ3n) is 4.49. The van der Waals surface area contributed by atoms with Gasteiger partial charge in [0.25, 0.3) is 0 Å². The minimum Gasteiger partial charge on any atom is -0.371 e. The van der Waals surface area contributed by atoms with E-state index in [2.05, 4.69) is 34.1 Å². The number of ketones is 1. The van der Waals surface area contributed by atoms with Gasteiger partial charge >= 0.3 is 0 Å². The fourth-order valence-corrected chi connectivity index (χ4v) is 3.13. The van der Waals surface area contributed by atoms with E-state index in [9.17, 15) is 4.79 Å². The van der Waals surface area contributed by atoms with Gasteiger partial charge in [-0.15, -0.1) is 0 Å². The highest BCUT2D eigenvalue weighted by molar-refractivity contribution is 5.91. The molecule has 3 heteroatoms. The van der Waals surface area contributed by atoms with E-state index in [1.807, 2.05) is 43.3 Å². The average molecular weight is 320 g/mol. The van der Waals surface area contributed by atoms with Crippen LogP contribution in [0.3, 0.4) is 0 Å². The van der Waals surface area contributed by atoms with Crippen LogP contribution >= 0.6 is 0 Å². The minimum absolute atomic E-state index is 0.171. The fraction of sp³-hybridized carbons (Fsp3) is 0.286. The van der Waals surface area contributed by atoms with Crippen LogP contribution in [0.2, 0.25) is 0 Å². The van der Waals surface area contributed by atoms with Gasteiger partial charge in [-0.3, -0.25) is 4.79 Å². The standard InChI is InChI=1S/C21H24N2O/c1-18(16-21(24)17-19-8-4-2-5-9-19)22-12-14-23(15-13-22)20-10-6-3-7-11-20/h2-11,16H,12-15,17H2,1H3/b18-16+. The van der Waals surface area contributed by atoms with Gasteiger partial charge in [0, 0.05) is 50.1 Å². The predicted octanol–water partition coefficient (Wildman–Crippen LogP) is 3.52. The molecule has 0 radical (unpaired) electrons. The molecule has 1 fully saturated rings. The number of rotatable bonds is 5. The van der Waals surface area contributed by atoms with E-state index in [0.717, 1.165) is 37.4 Å². The first-order chi connectivity index (χ1) is 11.7. The molecule has 0 atom stereocenters. The number of para-hydroxylation sites is 1. The third kappa shape index (κ3) is 4.25. The van der Waals surface area contributed by atoms with Crippen LogP contribution in [0.1, 0.15) is 12.5 Å². The topological polar surface area (TPSA) is 23.6 Å². The molecule has 24 heavy (non-hydrogen) atoms. The van der Waals surface area contributed by atoms with Crippen molar-refractivity contribution < 1.29 is 4.79 Å². The second-order valence-corrected chi connectivity index (χ2v) is 6.22. The maximum atomic E-state index is 12.2. The van der Waals surface area contributed by atoms with E-state index in [-0.39, 0.29) is 5.78 Å². The van der Waals surface area contributed by atoms with Crippen LogP contribution in [-0.4, -0.2) is 36.9 Å². The summed E-state index contributed by atoms with van der Waals surface area (Å²) in [5.41, 5.74) is 3.42. The maximum Gasteiger partial charge on any atom is 0.161 e. The number of anilines is 1. The lowest BCUT2D eigenvalue weighted by Gasteiger charge is -2.37. The Morgan fingerprint density at radius 3 is 2.12 bits per heavy atom. The molecule has 0 spiro atoms. The van der Waals surface area contributed by atoms with Crippen molar-refractivity contribution in [2.75, 3.05) is 31.1 Å². The molecule has 3 nitrogen and oxygen atoms in total. The van der Waals surface area contributed by atoms with Crippen molar-refractivity contribution in [1.82, 2.24) is 4.90 Å². The first kappa shape index (κ1) is 16.3. The zero-order valence-electron chi connectivity index (χ0n) is 14.2. The van der Waals surface area contributed by atoms with Crippen LogP contribution < -0.4 is 4.90 Å². The number of nitrogens with zero attached hydrogens (tertiary/aromatic N) is 2. The smallest absolute Gasteiger partial charge is 0.161 e. The summed E-state index contributed by atoms with van der Waals surface area (Å²) < 4.78 is 0. The molecule has 3 rings (SSSR count). The van der Waals surface area contributed by atoms with Gasteiger partial charge in [0.2, 0.25) is 0 Å². The lowest BCUT2D eigenvalue weighted by molar-refractivity contribution is -0.114. The highest BCUT2D eigenvalue weighted by Crippen LogP contribution is 2.17. The molecule has 1 saturated heterocycles. The Morgan fingerprint density at radius 1 is 0.917 bits per heavy atom. The van der Waals surface area contributed by atoms with Crippen LogP contribution in [-0.2, 0) is 11.2 Å². The zero-order chi connectivity index (χ0) is 16.8. The molecular formula is C21H24N2O. The van der Waals surface area contributed by atoms with E-state index in [1.54, 1.807) is 6.08 Å². The Labute approximate surface area is 144 Å². The number of hydrogen-bond acceptors (Lipinski definition) is 3. The lowest BCUT2D eigenvalue weighted by atomic mass is 10.1. The fourth-order valence-electron chi connectivity index (χ4n) is 3.13. The van der Waals surface area contributed by atoms with Gasteiger partial charge in [0.15, 0.2) is 5.78 Å². The quantitative estimate of drug-likeness (QED) is 0.788. The second kappa shape index (κ2) is 7.82. The van der Waals surface area contributed by atoms with E-state index in [4.69, 9.17) is 0 Å². The Balaban J connectivity index is 1.54. The molecule has 0 amide bonds. The predicted molar refractivity (Wildman–Crippen MR) is 99.1 cm³/mol. The average Bonchev–Trinajstić information content (AvgIpc) is 2.63. The van der Waals surface area contributed by atoms with E-state index in [1.165, 1.54) is 5.69 Å². The molecule has 0 unspecified atom stereocenters. The maximum absolute atomic E-state index is 12.2. The molecule has 2 aromatic rings. The molecule has 124 valence electrons. The summed E-state index contributed by atoms with van der Waals surface area (Å²) in [6.07, 6.45) is 2.27. The molecule has 2 aromatic carbocycles. The van der Waals surface area contributed by atoms with Gasteiger partial charge in [0.05, 0.1) is 0 Å². The van der Waals surface area contributed by atoms with Crippen LogP contribution in [0.5, 0.6) is 0 Å². The lowest BCUT2D eigenvalue weighted by Crippen LogP contribution is -2.45. The zero-order valence-corrected chi connectivity index (χ0v) is 14.2. The Morgan fingerprint density at radius 2 is 1.50 bits per heavy atom. The number of hydrogen-bond donors (Lipinski definition) is 0. The number of benzene rings is 2. The summed E-state index contributed by atoms with van der Waals surface area (Å²) in [7, 11) is 0. The molecule has 0 bridgehead atoms. The van der Waals surface area contributed by atoms with Crippen molar-refractivity contribution in [1.29, 1.82) is 0 Å². The van der Waals surface area contributed by atoms with Crippen LogP contribution in [0.15, 0.2) is 72.4 Å². The Bertz CT molecular complexity index is 686. The summed E-state index contributed by atoms with van der Waals surface area (Å²) in [6, 6.07) is 20.4. The highest BCUT2D eigenvalue weighted by Gasteiger charge is 2.17. The summed E-state index contributed by atoms with van der Waals surface area (Å²) in [4.78, 5) is 16.9. The van der Waals surface area contributed by atoms with Crippen molar-refractivity contribution in [2.45, 2.75) is 13.3 Å². The van der Waals surface area contributed by atoms with Gasteiger partial charge in [-0.05, 0) is 24.6 Å². The molecule has 0 N–H and O–H groups in total. The van der Waals surface area contributed by atoms with Gasteiger partial charge in [-0.2, -0.15) is 0 Å². The van der Waals surface area contributed by atoms with Crippen LogP contribution in [0.25, 0.3) is 0 Å². The van der Waals surface area contributed by atoms with Gasteiger partial charge in [-0.25, -0.2) is 0 Å². The SMILES string of the molecule is C/C(=C\C(=O)Cc1ccccc1)N1CCN(c2ccccc2)CC1. The number of carbonyl (C=O) groups is 1. The molecular weight excluding hydrogens is 296 g/mol. The van der Waals surface area contributed by atoms with Crippen LogP contribution in [0, 0.1) is 0 Å². The Kier molecular flexibility index (Phi) is 5.32. The Hall–Kier alpha value is -2.55. The largest absolute Gasteiger partial charge is 0.371 e. The molecule has 1 aliphatic heterocycles.